The molecule has 0 spiro atoms. The normalized spacial score (nSPS) is 11.9. The molecule has 1 atom stereocenters. The van der Waals surface area contributed by atoms with Crippen LogP contribution in [0.5, 0.6) is 0 Å². The lowest BCUT2D eigenvalue weighted by Gasteiger charge is -2.11. The Balaban J connectivity index is 2.43. The van der Waals surface area contributed by atoms with E-state index in [2.05, 4.69) is 27.8 Å². The molecule has 0 saturated heterocycles. The first-order chi connectivity index (χ1) is 7.59. The highest BCUT2D eigenvalue weighted by molar-refractivity contribution is 9.11. The van der Waals surface area contributed by atoms with Gasteiger partial charge >= 0.3 is 0 Å². The molecule has 1 rings (SSSR count). The van der Waals surface area contributed by atoms with E-state index in [1.807, 2.05) is 30.3 Å². The Morgan fingerprint density at radius 2 is 2.06 bits per heavy atom. The zero-order valence-corrected chi connectivity index (χ0v) is 10.5. The van der Waals surface area contributed by atoms with Gasteiger partial charge in [0.1, 0.15) is 0 Å². The molecule has 3 N–H and O–H groups in total. The van der Waals surface area contributed by atoms with Gasteiger partial charge in [-0.15, -0.1) is 0 Å². The lowest BCUT2D eigenvalue weighted by molar-refractivity contribution is -0.122. The predicted octanol–water partition coefficient (Wildman–Crippen LogP) is 1.58. The first kappa shape index (κ1) is 12.9. The minimum Gasteiger partial charge on any atom is -0.350 e. The largest absolute Gasteiger partial charge is 0.350 e. The second-order valence-corrected chi connectivity index (χ2v) is 4.65. The monoisotopic (exact) mass is 282 g/mol. The maximum absolute atomic E-state index is 11.6. The molecular weight excluding hydrogens is 268 g/mol. The van der Waals surface area contributed by atoms with Gasteiger partial charge < -0.3 is 11.1 Å². The zero-order chi connectivity index (χ0) is 12.0. The van der Waals surface area contributed by atoms with Crippen LogP contribution in [0.4, 0.5) is 0 Å². The van der Waals surface area contributed by atoms with Crippen molar-refractivity contribution in [3.63, 3.8) is 0 Å². The Labute approximate surface area is 104 Å². The summed E-state index contributed by atoms with van der Waals surface area (Å²) in [6, 6.07) is 9.19. The Morgan fingerprint density at radius 3 is 2.62 bits per heavy atom. The van der Waals surface area contributed by atoms with E-state index >= 15 is 0 Å². The SMILES string of the molecule is C=C(Br)CNC(=O)[C@@H](N)Cc1ccccc1. The average molecular weight is 283 g/mol. The van der Waals surface area contributed by atoms with E-state index in [1.165, 1.54) is 0 Å². The number of benzene rings is 1. The summed E-state index contributed by atoms with van der Waals surface area (Å²) in [5.74, 6) is -0.163. The molecule has 4 heteroatoms. The Kier molecular flexibility index (Phi) is 5.22. The quantitative estimate of drug-likeness (QED) is 0.862. The topological polar surface area (TPSA) is 55.1 Å². The second-order valence-electron chi connectivity index (χ2n) is 3.53. The average Bonchev–Trinajstić information content (AvgIpc) is 2.27. The molecule has 0 saturated carbocycles. The lowest BCUT2D eigenvalue weighted by Crippen LogP contribution is -2.42. The highest BCUT2D eigenvalue weighted by atomic mass is 79.9. The number of hydrogen-bond acceptors (Lipinski definition) is 2. The van der Waals surface area contributed by atoms with Crippen molar-refractivity contribution in [2.75, 3.05) is 6.54 Å². The van der Waals surface area contributed by atoms with Crippen LogP contribution in [-0.2, 0) is 11.2 Å². The number of carbonyl (C=O) groups is 1. The molecule has 0 aliphatic rings. The fraction of sp³-hybridized carbons (Fsp3) is 0.250. The van der Waals surface area contributed by atoms with Gasteiger partial charge in [-0.05, 0) is 12.0 Å². The van der Waals surface area contributed by atoms with Crippen LogP contribution < -0.4 is 11.1 Å². The van der Waals surface area contributed by atoms with Crippen LogP contribution in [0.3, 0.4) is 0 Å². The standard InChI is InChI=1S/C12H15BrN2O/c1-9(13)8-15-12(16)11(14)7-10-5-3-2-4-6-10/h2-6,11H,1,7-8,14H2,(H,15,16)/t11-/m0/s1. The molecule has 0 aromatic heterocycles. The van der Waals surface area contributed by atoms with Crippen molar-refractivity contribution >= 4 is 21.8 Å². The third-order valence-corrected chi connectivity index (χ3v) is 2.37. The molecule has 0 bridgehead atoms. The van der Waals surface area contributed by atoms with Crippen LogP contribution in [0.15, 0.2) is 41.4 Å². The Bertz CT molecular complexity index is 365. The van der Waals surface area contributed by atoms with Gasteiger partial charge in [0.15, 0.2) is 0 Å². The Morgan fingerprint density at radius 1 is 1.44 bits per heavy atom. The van der Waals surface area contributed by atoms with Gasteiger partial charge in [0.05, 0.1) is 6.04 Å². The summed E-state index contributed by atoms with van der Waals surface area (Å²) in [6.07, 6.45) is 0.543. The van der Waals surface area contributed by atoms with Gasteiger partial charge in [0, 0.05) is 11.0 Å². The van der Waals surface area contributed by atoms with E-state index in [-0.39, 0.29) is 5.91 Å². The third-order valence-electron chi connectivity index (χ3n) is 2.09. The van der Waals surface area contributed by atoms with Crippen LogP contribution in [0.2, 0.25) is 0 Å². The number of hydrogen-bond donors (Lipinski definition) is 2. The van der Waals surface area contributed by atoms with E-state index in [0.29, 0.717) is 13.0 Å². The number of nitrogens with two attached hydrogens (primary N) is 1. The van der Waals surface area contributed by atoms with Gasteiger partial charge in [0.2, 0.25) is 5.91 Å². The molecule has 0 fully saturated rings. The maximum Gasteiger partial charge on any atom is 0.237 e. The minimum absolute atomic E-state index is 0.163. The number of amides is 1. The molecule has 0 heterocycles. The van der Waals surface area contributed by atoms with Gasteiger partial charge in [-0.3, -0.25) is 4.79 Å². The molecule has 1 amide bonds. The number of rotatable bonds is 5. The highest BCUT2D eigenvalue weighted by Crippen LogP contribution is 2.02. The van der Waals surface area contributed by atoms with Crippen molar-refractivity contribution in [2.45, 2.75) is 12.5 Å². The molecule has 86 valence electrons. The van der Waals surface area contributed by atoms with Crippen LogP contribution in [0, 0.1) is 0 Å². The molecule has 1 aromatic rings. The van der Waals surface area contributed by atoms with Crippen LogP contribution in [-0.4, -0.2) is 18.5 Å². The van der Waals surface area contributed by atoms with Crippen molar-refractivity contribution in [1.82, 2.24) is 5.32 Å². The van der Waals surface area contributed by atoms with Gasteiger partial charge in [-0.1, -0.05) is 52.8 Å². The first-order valence-corrected chi connectivity index (χ1v) is 5.79. The fourth-order valence-electron chi connectivity index (χ4n) is 1.27. The molecule has 0 radical (unpaired) electrons. The van der Waals surface area contributed by atoms with E-state index < -0.39 is 6.04 Å². The van der Waals surface area contributed by atoms with E-state index in [4.69, 9.17) is 5.73 Å². The number of carbonyl (C=O) groups excluding carboxylic acids is 1. The molecule has 0 unspecified atom stereocenters. The van der Waals surface area contributed by atoms with Gasteiger partial charge in [-0.2, -0.15) is 0 Å². The van der Waals surface area contributed by atoms with Crippen molar-refractivity contribution in [3.8, 4) is 0 Å². The first-order valence-electron chi connectivity index (χ1n) is 5.00. The minimum atomic E-state index is -0.519. The van der Waals surface area contributed by atoms with Crippen molar-refractivity contribution in [1.29, 1.82) is 0 Å². The van der Waals surface area contributed by atoms with Gasteiger partial charge in [0.25, 0.3) is 0 Å². The smallest absolute Gasteiger partial charge is 0.237 e. The van der Waals surface area contributed by atoms with E-state index in [0.717, 1.165) is 10.0 Å². The van der Waals surface area contributed by atoms with E-state index in [9.17, 15) is 4.79 Å². The summed E-state index contributed by atoms with van der Waals surface area (Å²) in [5, 5.41) is 2.69. The lowest BCUT2D eigenvalue weighted by atomic mass is 10.1. The second kappa shape index (κ2) is 6.45. The summed E-state index contributed by atoms with van der Waals surface area (Å²) < 4.78 is 0.729. The summed E-state index contributed by atoms with van der Waals surface area (Å²) in [6.45, 7) is 4.04. The summed E-state index contributed by atoms with van der Waals surface area (Å²) in [7, 11) is 0. The summed E-state index contributed by atoms with van der Waals surface area (Å²) in [4.78, 5) is 11.6. The van der Waals surface area contributed by atoms with Crippen LogP contribution in [0.25, 0.3) is 0 Å². The third kappa shape index (κ3) is 4.59. The number of halogens is 1. The molecule has 1 aromatic carbocycles. The van der Waals surface area contributed by atoms with E-state index in [1.54, 1.807) is 0 Å². The molecule has 3 nitrogen and oxygen atoms in total. The molecular formula is C12H15BrN2O. The molecule has 0 aliphatic heterocycles. The van der Waals surface area contributed by atoms with Crippen molar-refractivity contribution in [2.24, 2.45) is 5.73 Å². The Hall–Kier alpha value is -1.13. The number of nitrogens with one attached hydrogen (secondary N) is 1. The van der Waals surface area contributed by atoms with Crippen LogP contribution in [0.1, 0.15) is 5.56 Å². The van der Waals surface area contributed by atoms with Gasteiger partial charge in [-0.25, -0.2) is 0 Å². The summed E-state index contributed by atoms with van der Waals surface area (Å²) in [5.41, 5.74) is 6.84. The predicted molar refractivity (Wildman–Crippen MR) is 69.2 cm³/mol. The van der Waals surface area contributed by atoms with Crippen molar-refractivity contribution in [3.05, 3.63) is 47.0 Å². The maximum atomic E-state index is 11.6. The van der Waals surface area contributed by atoms with Crippen LogP contribution >= 0.6 is 15.9 Å². The molecule has 16 heavy (non-hydrogen) atoms. The fourth-order valence-corrected chi connectivity index (χ4v) is 1.42. The highest BCUT2D eigenvalue weighted by Gasteiger charge is 2.13. The van der Waals surface area contributed by atoms with Crippen molar-refractivity contribution < 1.29 is 4.79 Å². The summed E-state index contributed by atoms with van der Waals surface area (Å²) >= 11 is 3.17. The molecule has 0 aliphatic carbocycles. The zero-order valence-electron chi connectivity index (χ0n) is 8.95.